The minimum atomic E-state index is -0.958. The van der Waals surface area contributed by atoms with Crippen molar-refractivity contribution >= 4 is 17.7 Å². The first kappa shape index (κ1) is 20.7. The number of carboxylic acids is 1. The molecule has 0 aromatic heterocycles. The van der Waals surface area contributed by atoms with Gasteiger partial charge in [0.15, 0.2) is 0 Å². The molecule has 4 rings (SSSR count). The fourth-order valence-corrected chi connectivity index (χ4v) is 4.31. The summed E-state index contributed by atoms with van der Waals surface area (Å²) in [5, 5.41) is 9.14. The van der Waals surface area contributed by atoms with Crippen LogP contribution >= 0.6 is 0 Å². The van der Waals surface area contributed by atoms with Gasteiger partial charge >= 0.3 is 12.1 Å². The molecule has 0 unspecified atom stereocenters. The quantitative estimate of drug-likeness (QED) is 0.574. The lowest BCUT2D eigenvalue weighted by atomic mass is 9.98. The zero-order chi connectivity index (χ0) is 22.0. The summed E-state index contributed by atoms with van der Waals surface area (Å²) in [4.78, 5) is 25.6. The number of rotatable bonds is 6. The number of hydrogen-bond donors (Lipinski definition) is 1. The van der Waals surface area contributed by atoms with Gasteiger partial charge < -0.3 is 9.84 Å². The number of amides is 1. The van der Waals surface area contributed by atoms with Gasteiger partial charge in [-0.2, -0.15) is 0 Å². The molecular weight excluding hydrogens is 390 g/mol. The van der Waals surface area contributed by atoms with Crippen molar-refractivity contribution in [3.8, 4) is 11.1 Å². The van der Waals surface area contributed by atoms with E-state index in [0.717, 1.165) is 33.4 Å². The molecule has 5 heteroatoms. The molecule has 0 radical (unpaired) electrons. The van der Waals surface area contributed by atoms with Gasteiger partial charge in [0.2, 0.25) is 0 Å². The highest BCUT2D eigenvalue weighted by molar-refractivity contribution is 5.89. The first-order valence-electron chi connectivity index (χ1n) is 10.4. The molecule has 1 N–H and O–H groups in total. The van der Waals surface area contributed by atoms with Crippen LogP contribution in [0.1, 0.15) is 34.6 Å². The Hall–Kier alpha value is -3.60. The number of anilines is 1. The number of ether oxygens (including phenoxy) is 1. The van der Waals surface area contributed by atoms with Gasteiger partial charge in [0, 0.05) is 18.2 Å². The van der Waals surface area contributed by atoms with E-state index >= 15 is 0 Å². The van der Waals surface area contributed by atoms with Crippen molar-refractivity contribution in [3.63, 3.8) is 0 Å². The zero-order valence-electron chi connectivity index (χ0n) is 17.7. The number of carbonyl (C=O) groups is 2. The van der Waals surface area contributed by atoms with Crippen LogP contribution in [-0.4, -0.2) is 30.3 Å². The summed E-state index contributed by atoms with van der Waals surface area (Å²) < 4.78 is 5.76. The molecule has 0 fully saturated rings. The lowest BCUT2D eigenvalue weighted by Gasteiger charge is -2.24. The second kappa shape index (κ2) is 8.64. The van der Waals surface area contributed by atoms with E-state index in [1.807, 2.05) is 56.3 Å². The number of aryl methyl sites for hydroxylation is 2. The molecule has 0 aliphatic heterocycles. The van der Waals surface area contributed by atoms with Gasteiger partial charge in [-0.05, 0) is 59.4 Å². The molecule has 31 heavy (non-hydrogen) atoms. The molecule has 0 bridgehead atoms. The van der Waals surface area contributed by atoms with E-state index in [1.54, 1.807) is 0 Å². The van der Waals surface area contributed by atoms with Crippen LogP contribution in [0.4, 0.5) is 10.5 Å². The Bertz CT molecular complexity index is 1070. The highest BCUT2D eigenvalue weighted by atomic mass is 16.6. The van der Waals surface area contributed by atoms with Crippen molar-refractivity contribution in [2.24, 2.45) is 0 Å². The third-order valence-electron chi connectivity index (χ3n) is 5.62. The van der Waals surface area contributed by atoms with E-state index in [4.69, 9.17) is 9.84 Å². The minimum absolute atomic E-state index is 0.0445. The summed E-state index contributed by atoms with van der Waals surface area (Å²) in [6.45, 7) is 4.14. The number of nitrogens with zero attached hydrogens (tertiary/aromatic N) is 1. The highest BCUT2D eigenvalue weighted by Gasteiger charge is 2.30. The molecule has 0 heterocycles. The fraction of sp³-hybridized carbons (Fsp3) is 0.231. The van der Waals surface area contributed by atoms with Gasteiger partial charge in [-0.15, -0.1) is 0 Å². The van der Waals surface area contributed by atoms with Crippen molar-refractivity contribution < 1.29 is 19.4 Å². The van der Waals surface area contributed by atoms with E-state index in [-0.39, 0.29) is 25.5 Å². The summed E-state index contributed by atoms with van der Waals surface area (Å²) in [5.41, 5.74) is 7.26. The maximum atomic E-state index is 13.1. The molecule has 158 valence electrons. The Morgan fingerprint density at radius 3 is 2.00 bits per heavy atom. The Morgan fingerprint density at radius 2 is 1.45 bits per heavy atom. The smallest absolute Gasteiger partial charge is 0.414 e. The average molecular weight is 415 g/mol. The van der Waals surface area contributed by atoms with E-state index in [9.17, 15) is 9.59 Å². The van der Waals surface area contributed by atoms with Crippen LogP contribution in [0.2, 0.25) is 0 Å². The topological polar surface area (TPSA) is 66.8 Å². The van der Waals surface area contributed by atoms with Gasteiger partial charge in [-0.25, -0.2) is 4.79 Å². The van der Waals surface area contributed by atoms with Crippen molar-refractivity contribution in [1.29, 1.82) is 0 Å². The summed E-state index contributed by atoms with van der Waals surface area (Å²) in [5.74, 6) is -1.00. The number of carboxylic acid groups (broad SMARTS) is 1. The predicted octanol–water partition coefficient (Wildman–Crippen LogP) is 5.53. The zero-order valence-corrected chi connectivity index (χ0v) is 17.7. The van der Waals surface area contributed by atoms with E-state index in [1.165, 1.54) is 4.90 Å². The molecule has 1 aliphatic rings. The Labute approximate surface area is 181 Å². The summed E-state index contributed by atoms with van der Waals surface area (Å²) in [6, 6.07) is 22.1. The molecule has 0 atom stereocenters. The Kier molecular flexibility index (Phi) is 5.76. The lowest BCUT2D eigenvalue weighted by molar-refractivity contribution is -0.136. The van der Waals surface area contributed by atoms with Gasteiger partial charge in [-0.1, -0.05) is 54.6 Å². The average Bonchev–Trinajstić information content (AvgIpc) is 3.05. The molecular formula is C26H25NO4. The first-order valence-corrected chi connectivity index (χ1v) is 10.4. The second-order valence-corrected chi connectivity index (χ2v) is 7.95. The summed E-state index contributed by atoms with van der Waals surface area (Å²) in [7, 11) is 0. The number of hydrogen-bond acceptors (Lipinski definition) is 3. The van der Waals surface area contributed by atoms with Crippen LogP contribution in [0.15, 0.2) is 66.7 Å². The molecule has 0 saturated carbocycles. The monoisotopic (exact) mass is 415 g/mol. The molecule has 0 saturated heterocycles. The third kappa shape index (κ3) is 4.31. The van der Waals surface area contributed by atoms with Crippen LogP contribution in [0, 0.1) is 13.8 Å². The molecule has 0 spiro atoms. The van der Waals surface area contributed by atoms with Gasteiger partial charge in [-0.3, -0.25) is 9.69 Å². The Morgan fingerprint density at radius 1 is 0.903 bits per heavy atom. The fourth-order valence-electron chi connectivity index (χ4n) is 4.31. The Balaban J connectivity index is 1.57. The number of aliphatic carboxylic acids is 1. The van der Waals surface area contributed by atoms with Crippen LogP contribution in [0.25, 0.3) is 11.1 Å². The van der Waals surface area contributed by atoms with Crippen molar-refractivity contribution in [3.05, 3.63) is 89.0 Å². The van der Waals surface area contributed by atoms with Crippen LogP contribution in [0.3, 0.4) is 0 Å². The highest BCUT2D eigenvalue weighted by Crippen LogP contribution is 2.44. The largest absolute Gasteiger partial charge is 0.481 e. The molecule has 3 aromatic carbocycles. The summed E-state index contributed by atoms with van der Waals surface area (Å²) in [6.07, 6.45) is -0.690. The van der Waals surface area contributed by atoms with Gasteiger partial charge in [0.25, 0.3) is 0 Å². The minimum Gasteiger partial charge on any atom is -0.481 e. The molecule has 1 amide bonds. The summed E-state index contributed by atoms with van der Waals surface area (Å²) >= 11 is 0. The van der Waals surface area contributed by atoms with Crippen LogP contribution in [0.5, 0.6) is 0 Å². The lowest BCUT2D eigenvalue weighted by Crippen LogP contribution is -2.34. The van der Waals surface area contributed by atoms with Gasteiger partial charge in [0.1, 0.15) is 6.61 Å². The first-order chi connectivity index (χ1) is 14.9. The number of fused-ring (bicyclic) bond motifs is 3. The predicted molar refractivity (Wildman–Crippen MR) is 121 cm³/mol. The van der Waals surface area contributed by atoms with Crippen molar-refractivity contribution in [2.45, 2.75) is 26.2 Å². The van der Waals surface area contributed by atoms with Crippen molar-refractivity contribution in [1.82, 2.24) is 0 Å². The van der Waals surface area contributed by atoms with E-state index in [2.05, 4.69) is 24.3 Å². The van der Waals surface area contributed by atoms with Crippen LogP contribution < -0.4 is 4.90 Å². The third-order valence-corrected chi connectivity index (χ3v) is 5.62. The number of benzene rings is 3. The van der Waals surface area contributed by atoms with Crippen LogP contribution in [-0.2, 0) is 9.53 Å². The van der Waals surface area contributed by atoms with Crippen molar-refractivity contribution in [2.75, 3.05) is 18.1 Å². The van der Waals surface area contributed by atoms with E-state index in [0.29, 0.717) is 5.69 Å². The van der Waals surface area contributed by atoms with E-state index < -0.39 is 12.1 Å². The standard InChI is InChI=1S/C26H25NO4/c1-17-13-18(2)15-19(14-17)27(12-11-25(28)29)26(30)31-16-24-22-9-5-3-7-20(22)21-8-4-6-10-23(21)24/h3-10,13-15,24H,11-12,16H2,1-2H3,(H,28,29). The second-order valence-electron chi connectivity index (χ2n) is 7.95. The van der Waals surface area contributed by atoms with Gasteiger partial charge in [0.05, 0.1) is 6.42 Å². The maximum Gasteiger partial charge on any atom is 0.414 e. The number of carbonyl (C=O) groups excluding carboxylic acids is 1. The SMILES string of the molecule is Cc1cc(C)cc(N(CCC(=O)O)C(=O)OCC2c3ccccc3-c3ccccc32)c1. The molecule has 1 aliphatic carbocycles. The maximum absolute atomic E-state index is 13.1. The normalized spacial score (nSPS) is 12.2. The molecule has 3 aromatic rings. The molecule has 5 nitrogen and oxygen atoms in total.